The van der Waals surface area contributed by atoms with Crippen LogP contribution in [0.2, 0.25) is 0 Å². The Labute approximate surface area is 126 Å². The summed E-state index contributed by atoms with van der Waals surface area (Å²) in [5.41, 5.74) is 2.44. The molecule has 114 valence electrons. The molecule has 0 bridgehead atoms. The van der Waals surface area contributed by atoms with Gasteiger partial charge in [0.1, 0.15) is 0 Å². The van der Waals surface area contributed by atoms with Crippen molar-refractivity contribution in [1.82, 2.24) is 10.2 Å². The lowest BCUT2D eigenvalue weighted by atomic mass is 10.0. The number of aliphatic hydroxyl groups is 1. The number of hydrogen-bond acceptors (Lipinski definition) is 2. The quantitative estimate of drug-likeness (QED) is 0.894. The molecule has 1 aliphatic carbocycles. The molecule has 0 spiro atoms. The van der Waals surface area contributed by atoms with Gasteiger partial charge in [-0.3, -0.25) is 0 Å². The van der Waals surface area contributed by atoms with Gasteiger partial charge in [-0.2, -0.15) is 0 Å². The third-order valence-corrected chi connectivity index (χ3v) is 4.64. The van der Waals surface area contributed by atoms with Crippen molar-refractivity contribution >= 4 is 6.03 Å². The Morgan fingerprint density at radius 3 is 2.62 bits per heavy atom. The molecule has 2 N–H and O–H groups in total. The second-order valence-corrected chi connectivity index (χ2v) is 6.46. The molecule has 4 heteroatoms. The number of aliphatic hydroxyl groups excluding tert-OH is 1. The largest absolute Gasteiger partial charge is 0.396 e. The Balaban J connectivity index is 1.65. The fourth-order valence-electron chi connectivity index (χ4n) is 3.07. The highest BCUT2D eigenvalue weighted by molar-refractivity contribution is 5.75. The van der Waals surface area contributed by atoms with Gasteiger partial charge in [0.15, 0.2) is 0 Å². The minimum absolute atomic E-state index is 0.0171. The molecule has 1 aromatic carbocycles. The van der Waals surface area contributed by atoms with Crippen molar-refractivity contribution in [3.8, 4) is 0 Å². The summed E-state index contributed by atoms with van der Waals surface area (Å²) in [6, 6.07) is 8.61. The van der Waals surface area contributed by atoms with Crippen molar-refractivity contribution < 1.29 is 9.90 Å². The molecule has 2 fully saturated rings. The molecule has 3 rings (SSSR count). The van der Waals surface area contributed by atoms with Gasteiger partial charge in [0.2, 0.25) is 0 Å². The zero-order chi connectivity index (χ0) is 14.8. The highest BCUT2D eigenvalue weighted by atomic mass is 16.3. The van der Waals surface area contributed by atoms with E-state index >= 15 is 0 Å². The van der Waals surface area contributed by atoms with Gasteiger partial charge in [-0.25, -0.2) is 4.79 Å². The van der Waals surface area contributed by atoms with E-state index in [1.54, 1.807) is 0 Å². The third-order valence-electron chi connectivity index (χ3n) is 4.64. The van der Waals surface area contributed by atoms with Crippen LogP contribution in [0.15, 0.2) is 24.3 Å². The lowest BCUT2D eigenvalue weighted by molar-refractivity contribution is 0.193. The van der Waals surface area contributed by atoms with E-state index in [-0.39, 0.29) is 24.6 Å². The second-order valence-electron chi connectivity index (χ2n) is 6.46. The smallest absolute Gasteiger partial charge is 0.317 e. The molecule has 1 saturated carbocycles. The Hall–Kier alpha value is -1.55. The zero-order valence-corrected chi connectivity index (χ0v) is 12.6. The maximum Gasteiger partial charge on any atom is 0.317 e. The lowest BCUT2D eigenvalue weighted by Crippen LogP contribution is -2.41. The number of aryl methyl sites for hydroxylation is 1. The first-order valence-electron chi connectivity index (χ1n) is 7.90. The summed E-state index contributed by atoms with van der Waals surface area (Å²) in [7, 11) is 0. The highest BCUT2D eigenvalue weighted by Gasteiger charge is 2.35. The summed E-state index contributed by atoms with van der Waals surface area (Å²) in [5.74, 6) is 0.822. The van der Waals surface area contributed by atoms with E-state index in [0.717, 1.165) is 13.0 Å². The normalized spacial score (nSPS) is 23.1. The molecule has 1 saturated heterocycles. The minimum atomic E-state index is 0.0171. The fourth-order valence-corrected chi connectivity index (χ4v) is 3.07. The van der Waals surface area contributed by atoms with Crippen LogP contribution in [0.3, 0.4) is 0 Å². The van der Waals surface area contributed by atoms with E-state index in [1.807, 2.05) is 4.90 Å². The van der Waals surface area contributed by atoms with Crippen LogP contribution in [0.5, 0.6) is 0 Å². The number of amides is 2. The van der Waals surface area contributed by atoms with Crippen molar-refractivity contribution in [2.24, 2.45) is 11.8 Å². The molecule has 2 atom stereocenters. The molecule has 2 unspecified atom stereocenters. The van der Waals surface area contributed by atoms with E-state index in [9.17, 15) is 9.90 Å². The number of hydrogen-bond donors (Lipinski definition) is 2. The first kappa shape index (κ1) is 14.4. The van der Waals surface area contributed by atoms with Gasteiger partial charge in [0.05, 0.1) is 6.04 Å². The van der Waals surface area contributed by atoms with Crippen LogP contribution in [0.25, 0.3) is 0 Å². The number of nitrogens with one attached hydrogen (secondary N) is 1. The Bertz CT molecular complexity index is 496. The zero-order valence-electron chi connectivity index (χ0n) is 12.6. The SMILES string of the molecule is Cc1ccc(C(NC(=O)N2CCC(CO)C2)C2CC2)cc1. The van der Waals surface area contributed by atoms with Gasteiger partial charge in [-0.1, -0.05) is 29.8 Å². The monoisotopic (exact) mass is 288 g/mol. The predicted molar refractivity (Wildman–Crippen MR) is 81.9 cm³/mol. The Kier molecular flexibility index (Phi) is 4.15. The number of urea groups is 1. The summed E-state index contributed by atoms with van der Waals surface area (Å²) in [4.78, 5) is 14.3. The van der Waals surface area contributed by atoms with E-state index < -0.39 is 0 Å². The average molecular weight is 288 g/mol. The lowest BCUT2D eigenvalue weighted by Gasteiger charge is -2.24. The molecule has 0 aromatic heterocycles. The van der Waals surface area contributed by atoms with Crippen LogP contribution in [-0.4, -0.2) is 35.7 Å². The first-order valence-corrected chi connectivity index (χ1v) is 7.90. The topological polar surface area (TPSA) is 52.6 Å². The highest BCUT2D eigenvalue weighted by Crippen LogP contribution is 2.41. The molecule has 1 aliphatic heterocycles. The molecule has 4 nitrogen and oxygen atoms in total. The number of carbonyl (C=O) groups is 1. The molecule has 1 aromatic rings. The standard InChI is InChI=1S/C17H24N2O2/c1-12-2-4-14(5-3-12)16(15-6-7-15)18-17(21)19-9-8-13(10-19)11-20/h2-5,13,15-16,20H,6-11H2,1H3,(H,18,21). The first-order chi connectivity index (χ1) is 10.2. The minimum Gasteiger partial charge on any atom is -0.396 e. The molecule has 21 heavy (non-hydrogen) atoms. The van der Waals surface area contributed by atoms with E-state index in [2.05, 4.69) is 36.5 Å². The predicted octanol–water partition coefficient (Wildman–Crippen LogP) is 2.47. The number of likely N-dealkylation sites (tertiary alicyclic amines) is 1. The van der Waals surface area contributed by atoms with Crippen LogP contribution in [0.1, 0.15) is 36.4 Å². The number of nitrogens with zero attached hydrogens (tertiary/aromatic N) is 1. The average Bonchev–Trinajstić information content (AvgIpc) is 3.22. The summed E-state index contributed by atoms with van der Waals surface area (Å²) in [5, 5.41) is 12.4. The van der Waals surface area contributed by atoms with Gasteiger partial charge in [-0.05, 0) is 37.7 Å². The van der Waals surface area contributed by atoms with Crippen molar-refractivity contribution in [3.63, 3.8) is 0 Å². The molecule has 2 amide bonds. The van der Waals surface area contributed by atoms with Crippen LogP contribution in [0, 0.1) is 18.8 Å². The van der Waals surface area contributed by atoms with Crippen molar-refractivity contribution in [2.45, 2.75) is 32.2 Å². The van der Waals surface area contributed by atoms with Gasteiger partial charge in [0.25, 0.3) is 0 Å². The van der Waals surface area contributed by atoms with Gasteiger partial charge >= 0.3 is 6.03 Å². The van der Waals surface area contributed by atoms with Crippen molar-refractivity contribution in [2.75, 3.05) is 19.7 Å². The molecular weight excluding hydrogens is 264 g/mol. The summed E-state index contributed by atoms with van der Waals surface area (Å²) >= 11 is 0. The summed E-state index contributed by atoms with van der Waals surface area (Å²) < 4.78 is 0. The van der Waals surface area contributed by atoms with Gasteiger partial charge in [-0.15, -0.1) is 0 Å². The van der Waals surface area contributed by atoms with Crippen LogP contribution >= 0.6 is 0 Å². The van der Waals surface area contributed by atoms with E-state index in [0.29, 0.717) is 12.5 Å². The van der Waals surface area contributed by atoms with Crippen LogP contribution in [0.4, 0.5) is 4.79 Å². The maximum absolute atomic E-state index is 12.4. The Morgan fingerprint density at radius 1 is 1.33 bits per heavy atom. The third kappa shape index (κ3) is 3.38. The van der Waals surface area contributed by atoms with Gasteiger partial charge in [0, 0.05) is 25.6 Å². The molecular formula is C17H24N2O2. The number of carbonyl (C=O) groups excluding carboxylic acids is 1. The van der Waals surface area contributed by atoms with E-state index in [4.69, 9.17) is 0 Å². The maximum atomic E-state index is 12.4. The Morgan fingerprint density at radius 2 is 2.05 bits per heavy atom. The summed E-state index contributed by atoms with van der Waals surface area (Å²) in [6.07, 6.45) is 3.29. The number of rotatable bonds is 4. The van der Waals surface area contributed by atoms with Crippen molar-refractivity contribution in [1.29, 1.82) is 0 Å². The van der Waals surface area contributed by atoms with Crippen LogP contribution in [-0.2, 0) is 0 Å². The van der Waals surface area contributed by atoms with Gasteiger partial charge < -0.3 is 15.3 Å². The second kappa shape index (κ2) is 6.06. The molecule has 1 heterocycles. The number of benzene rings is 1. The molecule has 2 aliphatic rings. The molecule has 0 radical (unpaired) electrons. The van der Waals surface area contributed by atoms with Crippen molar-refractivity contribution in [3.05, 3.63) is 35.4 Å². The fraction of sp³-hybridized carbons (Fsp3) is 0.588. The summed E-state index contributed by atoms with van der Waals surface area (Å²) in [6.45, 7) is 3.68. The van der Waals surface area contributed by atoms with Crippen LogP contribution < -0.4 is 5.32 Å². The van der Waals surface area contributed by atoms with E-state index in [1.165, 1.54) is 24.0 Å².